The van der Waals surface area contributed by atoms with Crippen LogP contribution in [0.5, 0.6) is 0 Å². The molecule has 136 valence electrons. The van der Waals surface area contributed by atoms with Crippen molar-refractivity contribution in [1.29, 1.82) is 0 Å². The summed E-state index contributed by atoms with van der Waals surface area (Å²) in [5.41, 5.74) is 2.64. The fraction of sp³-hybridized carbons (Fsp3) is 0.350. The monoisotopic (exact) mass is 352 g/mol. The highest BCUT2D eigenvalue weighted by Gasteiger charge is 2.20. The maximum Gasteiger partial charge on any atom is 0.258 e. The molecule has 3 rings (SSSR count). The molecule has 6 nitrogen and oxygen atoms in total. The molecule has 1 fully saturated rings. The van der Waals surface area contributed by atoms with Gasteiger partial charge in [-0.3, -0.25) is 9.59 Å². The molecule has 0 spiro atoms. The second kappa shape index (κ2) is 7.99. The standard InChI is InChI=1S/C20H24N4O2/c1-3-24(18-6-4-5-16(2)13-18)20(26)17-7-8-21-19(14-17)23-11-9-22(15-25)10-12-23/h4-8,13-15H,3,9-12H2,1-2H3. The zero-order valence-corrected chi connectivity index (χ0v) is 15.3. The third-order valence-electron chi connectivity index (χ3n) is 4.65. The van der Waals surface area contributed by atoms with Crippen LogP contribution < -0.4 is 9.80 Å². The Morgan fingerprint density at radius 2 is 1.96 bits per heavy atom. The van der Waals surface area contributed by atoms with Crippen molar-refractivity contribution >= 4 is 23.8 Å². The Balaban J connectivity index is 1.80. The highest BCUT2D eigenvalue weighted by Crippen LogP contribution is 2.21. The van der Waals surface area contributed by atoms with E-state index in [1.54, 1.807) is 22.1 Å². The minimum absolute atomic E-state index is 0.0340. The number of aryl methyl sites for hydroxylation is 1. The predicted molar refractivity (Wildman–Crippen MR) is 103 cm³/mol. The molecule has 0 unspecified atom stereocenters. The van der Waals surface area contributed by atoms with E-state index in [-0.39, 0.29) is 5.91 Å². The molecule has 6 heteroatoms. The maximum absolute atomic E-state index is 13.0. The Labute approximate surface area is 154 Å². The number of hydrogen-bond acceptors (Lipinski definition) is 4. The summed E-state index contributed by atoms with van der Waals surface area (Å²) in [4.78, 5) is 34.0. The molecule has 0 radical (unpaired) electrons. The first-order chi connectivity index (χ1) is 12.6. The van der Waals surface area contributed by atoms with Crippen molar-refractivity contribution in [3.63, 3.8) is 0 Å². The van der Waals surface area contributed by atoms with Crippen LogP contribution in [0.2, 0.25) is 0 Å². The van der Waals surface area contributed by atoms with Crippen molar-refractivity contribution in [3.05, 3.63) is 53.7 Å². The topological polar surface area (TPSA) is 56.8 Å². The van der Waals surface area contributed by atoms with E-state index < -0.39 is 0 Å². The molecule has 0 bridgehead atoms. The van der Waals surface area contributed by atoms with Crippen LogP contribution in [0.15, 0.2) is 42.6 Å². The molecular formula is C20H24N4O2. The van der Waals surface area contributed by atoms with E-state index in [9.17, 15) is 9.59 Å². The predicted octanol–water partition coefficient (Wildman–Crippen LogP) is 2.34. The van der Waals surface area contributed by atoms with E-state index in [0.29, 0.717) is 25.2 Å². The Hall–Kier alpha value is -2.89. The van der Waals surface area contributed by atoms with Crippen LogP contribution in [0, 0.1) is 6.92 Å². The van der Waals surface area contributed by atoms with E-state index >= 15 is 0 Å². The second-order valence-corrected chi connectivity index (χ2v) is 6.42. The van der Waals surface area contributed by atoms with E-state index in [0.717, 1.165) is 36.6 Å². The van der Waals surface area contributed by atoms with Crippen LogP contribution in [0.25, 0.3) is 0 Å². The van der Waals surface area contributed by atoms with Crippen LogP contribution in [0.1, 0.15) is 22.8 Å². The van der Waals surface area contributed by atoms with Gasteiger partial charge in [-0.1, -0.05) is 12.1 Å². The largest absolute Gasteiger partial charge is 0.353 e. The molecule has 1 aliphatic heterocycles. The van der Waals surface area contributed by atoms with Crippen molar-refractivity contribution in [2.75, 3.05) is 42.5 Å². The summed E-state index contributed by atoms with van der Waals surface area (Å²) >= 11 is 0. The Bertz CT molecular complexity index is 785. The van der Waals surface area contributed by atoms with Gasteiger partial charge in [0, 0.05) is 50.2 Å². The Morgan fingerprint density at radius 3 is 2.62 bits per heavy atom. The molecule has 0 aliphatic carbocycles. The van der Waals surface area contributed by atoms with Gasteiger partial charge < -0.3 is 14.7 Å². The molecule has 2 aromatic rings. The molecule has 26 heavy (non-hydrogen) atoms. The third kappa shape index (κ3) is 3.85. The van der Waals surface area contributed by atoms with E-state index in [1.165, 1.54) is 0 Å². The number of amides is 2. The molecule has 1 aliphatic rings. The molecule has 1 saturated heterocycles. The molecule has 0 saturated carbocycles. The molecule has 0 atom stereocenters. The minimum atomic E-state index is -0.0340. The van der Waals surface area contributed by atoms with Gasteiger partial charge in [-0.2, -0.15) is 0 Å². The molecule has 2 heterocycles. The van der Waals surface area contributed by atoms with Crippen molar-refractivity contribution < 1.29 is 9.59 Å². The number of aromatic nitrogens is 1. The first-order valence-corrected chi connectivity index (χ1v) is 8.91. The average Bonchev–Trinajstić information content (AvgIpc) is 2.69. The summed E-state index contributed by atoms with van der Waals surface area (Å²) in [5.74, 6) is 0.745. The lowest BCUT2D eigenvalue weighted by molar-refractivity contribution is -0.118. The third-order valence-corrected chi connectivity index (χ3v) is 4.65. The van der Waals surface area contributed by atoms with Gasteiger partial charge in [-0.25, -0.2) is 4.98 Å². The van der Waals surface area contributed by atoms with E-state index in [2.05, 4.69) is 9.88 Å². The van der Waals surface area contributed by atoms with Gasteiger partial charge in [0.05, 0.1) is 0 Å². The van der Waals surface area contributed by atoms with Gasteiger partial charge in [0.1, 0.15) is 5.82 Å². The van der Waals surface area contributed by atoms with Gasteiger partial charge in [0.25, 0.3) is 5.91 Å². The van der Waals surface area contributed by atoms with Crippen LogP contribution in [0.3, 0.4) is 0 Å². The van der Waals surface area contributed by atoms with Crippen molar-refractivity contribution in [1.82, 2.24) is 9.88 Å². The van der Waals surface area contributed by atoms with E-state index in [1.807, 2.05) is 44.2 Å². The number of piperazine rings is 1. The normalized spacial score (nSPS) is 14.2. The van der Waals surface area contributed by atoms with Crippen molar-refractivity contribution in [2.45, 2.75) is 13.8 Å². The first-order valence-electron chi connectivity index (χ1n) is 8.91. The average molecular weight is 352 g/mol. The number of benzene rings is 1. The van der Waals surface area contributed by atoms with Crippen LogP contribution in [-0.4, -0.2) is 54.9 Å². The lowest BCUT2D eigenvalue weighted by Crippen LogP contribution is -2.46. The summed E-state index contributed by atoms with van der Waals surface area (Å²) in [6, 6.07) is 11.6. The SMILES string of the molecule is CCN(C(=O)c1ccnc(N2CCN(C=O)CC2)c1)c1cccc(C)c1. The fourth-order valence-corrected chi connectivity index (χ4v) is 3.18. The molecule has 1 aromatic carbocycles. The second-order valence-electron chi connectivity index (χ2n) is 6.42. The Kier molecular flexibility index (Phi) is 5.51. The highest BCUT2D eigenvalue weighted by atomic mass is 16.2. The lowest BCUT2D eigenvalue weighted by atomic mass is 10.1. The summed E-state index contributed by atoms with van der Waals surface area (Å²) in [5, 5.41) is 0. The van der Waals surface area contributed by atoms with E-state index in [4.69, 9.17) is 0 Å². The maximum atomic E-state index is 13.0. The molecule has 0 N–H and O–H groups in total. The zero-order chi connectivity index (χ0) is 18.5. The van der Waals surface area contributed by atoms with Crippen molar-refractivity contribution in [3.8, 4) is 0 Å². The summed E-state index contributed by atoms with van der Waals surface area (Å²) in [7, 11) is 0. The summed E-state index contributed by atoms with van der Waals surface area (Å²) in [6.07, 6.45) is 2.56. The quantitative estimate of drug-likeness (QED) is 0.775. The minimum Gasteiger partial charge on any atom is -0.353 e. The number of anilines is 2. The number of rotatable bonds is 5. The number of carbonyl (C=O) groups excluding carboxylic acids is 2. The van der Waals surface area contributed by atoms with Gasteiger partial charge in [0.2, 0.25) is 6.41 Å². The smallest absolute Gasteiger partial charge is 0.258 e. The molecular weight excluding hydrogens is 328 g/mol. The molecule has 1 aromatic heterocycles. The highest BCUT2D eigenvalue weighted by molar-refractivity contribution is 6.06. The Morgan fingerprint density at radius 1 is 1.19 bits per heavy atom. The lowest BCUT2D eigenvalue weighted by Gasteiger charge is -2.33. The fourth-order valence-electron chi connectivity index (χ4n) is 3.18. The van der Waals surface area contributed by atoms with Gasteiger partial charge >= 0.3 is 0 Å². The number of hydrogen-bond donors (Lipinski definition) is 0. The van der Waals surface area contributed by atoms with Crippen LogP contribution in [-0.2, 0) is 4.79 Å². The molecule has 2 amide bonds. The van der Waals surface area contributed by atoms with Crippen molar-refractivity contribution in [2.24, 2.45) is 0 Å². The van der Waals surface area contributed by atoms with Gasteiger partial charge in [0.15, 0.2) is 0 Å². The first kappa shape index (κ1) is 17.9. The van der Waals surface area contributed by atoms with Crippen LogP contribution >= 0.6 is 0 Å². The van der Waals surface area contributed by atoms with Gasteiger partial charge in [-0.05, 0) is 43.7 Å². The number of nitrogens with zero attached hydrogens (tertiary/aromatic N) is 4. The summed E-state index contributed by atoms with van der Waals surface area (Å²) < 4.78 is 0. The number of carbonyl (C=O) groups is 2. The summed E-state index contributed by atoms with van der Waals surface area (Å²) in [6.45, 7) is 7.38. The van der Waals surface area contributed by atoms with Gasteiger partial charge in [-0.15, -0.1) is 0 Å². The van der Waals surface area contributed by atoms with Crippen LogP contribution in [0.4, 0.5) is 11.5 Å². The number of pyridine rings is 1. The zero-order valence-electron chi connectivity index (χ0n) is 15.3.